The van der Waals surface area contributed by atoms with Crippen molar-refractivity contribution >= 4 is 34.4 Å². The average Bonchev–Trinajstić information content (AvgIpc) is 2.65. The molecular formula is C11H14ClN3S. The monoisotopic (exact) mass is 255 g/mol. The van der Waals surface area contributed by atoms with Gasteiger partial charge in [-0.1, -0.05) is 0 Å². The summed E-state index contributed by atoms with van der Waals surface area (Å²) in [6, 6.07) is 1.99. The van der Waals surface area contributed by atoms with Crippen molar-refractivity contribution in [1.29, 1.82) is 0 Å². The summed E-state index contributed by atoms with van der Waals surface area (Å²) in [6.45, 7) is 2.89. The maximum absolute atomic E-state index is 6.15. The first-order valence-corrected chi connectivity index (χ1v) is 7.00. The first-order valence-electron chi connectivity index (χ1n) is 5.17. The van der Waals surface area contributed by atoms with Crippen molar-refractivity contribution in [3.63, 3.8) is 0 Å². The van der Waals surface area contributed by atoms with Gasteiger partial charge in [0.25, 0.3) is 0 Å². The number of fused-ring (bicyclic) bond motifs is 1. The molecule has 0 fully saturated rings. The van der Waals surface area contributed by atoms with Crippen LogP contribution in [0.15, 0.2) is 18.5 Å². The fourth-order valence-corrected chi connectivity index (χ4v) is 2.25. The van der Waals surface area contributed by atoms with Gasteiger partial charge in [0.05, 0.1) is 17.1 Å². The first kappa shape index (κ1) is 11.7. The van der Waals surface area contributed by atoms with Gasteiger partial charge in [-0.3, -0.25) is 4.98 Å². The van der Waals surface area contributed by atoms with E-state index in [2.05, 4.69) is 20.8 Å². The number of aryl methyl sites for hydroxylation is 1. The molecule has 3 nitrogen and oxygen atoms in total. The van der Waals surface area contributed by atoms with Crippen molar-refractivity contribution in [2.24, 2.45) is 0 Å². The predicted molar refractivity (Wildman–Crippen MR) is 70.2 cm³/mol. The normalized spacial score (nSPS) is 13.2. The molecule has 0 aliphatic carbocycles. The molecule has 0 bridgehead atoms. The number of nitrogens with zero attached hydrogens (tertiary/aromatic N) is 3. The Bertz CT molecular complexity index is 481. The van der Waals surface area contributed by atoms with Crippen LogP contribution in [0.25, 0.3) is 11.0 Å². The van der Waals surface area contributed by atoms with Crippen molar-refractivity contribution in [2.45, 2.75) is 18.8 Å². The summed E-state index contributed by atoms with van der Waals surface area (Å²) in [5.41, 5.74) is 2.04. The number of aromatic nitrogens is 3. The van der Waals surface area contributed by atoms with Crippen LogP contribution in [0.2, 0.25) is 0 Å². The van der Waals surface area contributed by atoms with E-state index in [-0.39, 0.29) is 5.38 Å². The highest BCUT2D eigenvalue weighted by Gasteiger charge is 2.14. The molecule has 0 saturated carbocycles. The Morgan fingerprint density at radius 3 is 3.06 bits per heavy atom. The molecule has 2 heterocycles. The van der Waals surface area contributed by atoms with Crippen LogP contribution in [0, 0.1) is 0 Å². The molecule has 86 valence electrons. The van der Waals surface area contributed by atoms with Crippen LogP contribution in [0.5, 0.6) is 0 Å². The molecular weight excluding hydrogens is 242 g/mol. The Labute approximate surface area is 104 Å². The second-order valence-corrected chi connectivity index (χ2v) is 5.24. The van der Waals surface area contributed by atoms with E-state index in [9.17, 15) is 0 Å². The third kappa shape index (κ3) is 2.18. The van der Waals surface area contributed by atoms with Gasteiger partial charge in [0.2, 0.25) is 0 Å². The zero-order valence-electron chi connectivity index (χ0n) is 9.35. The number of hydrogen-bond donors (Lipinski definition) is 0. The molecule has 0 aliphatic rings. The summed E-state index contributed by atoms with van der Waals surface area (Å²) >= 11 is 7.97. The molecule has 0 radical (unpaired) electrons. The second kappa shape index (κ2) is 5.06. The lowest BCUT2D eigenvalue weighted by Crippen LogP contribution is -2.06. The van der Waals surface area contributed by atoms with Crippen LogP contribution in [0.1, 0.15) is 18.1 Å². The molecule has 2 aromatic heterocycles. The molecule has 0 aromatic carbocycles. The van der Waals surface area contributed by atoms with Crippen LogP contribution in [0.4, 0.5) is 0 Å². The van der Waals surface area contributed by atoms with Gasteiger partial charge >= 0.3 is 0 Å². The van der Waals surface area contributed by atoms with E-state index in [0.717, 1.165) is 29.2 Å². The first-order chi connectivity index (χ1) is 7.74. The molecule has 0 amide bonds. The molecule has 1 atom stereocenters. The van der Waals surface area contributed by atoms with Crippen LogP contribution in [-0.4, -0.2) is 26.5 Å². The number of thioether (sulfide) groups is 1. The third-order valence-corrected chi connectivity index (χ3v) is 3.24. The Hall–Kier alpha value is -0.740. The topological polar surface area (TPSA) is 30.7 Å². The van der Waals surface area contributed by atoms with Gasteiger partial charge in [-0.25, -0.2) is 4.98 Å². The molecule has 0 spiro atoms. The molecule has 0 N–H and O–H groups in total. The molecule has 5 heteroatoms. The maximum Gasteiger partial charge on any atom is 0.127 e. The van der Waals surface area contributed by atoms with E-state index in [1.165, 1.54) is 0 Å². The van der Waals surface area contributed by atoms with Crippen LogP contribution >= 0.6 is 23.4 Å². The number of rotatable bonds is 4. The number of halogens is 1. The van der Waals surface area contributed by atoms with Gasteiger partial charge in [-0.2, -0.15) is 11.8 Å². The minimum absolute atomic E-state index is 0.0748. The zero-order valence-corrected chi connectivity index (χ0v) is 10.9. The lowest BCUT2D eigenvalue weighted by Gasteiger charge is -2.09. The average molecular weight is 256 g/mol. The van der Waals surface area contributed by atoms with E-state index in [1.54, 1.807) is 12.4 Å². The van der Waals surface area contributed by atoms with Crippen molar-refractivity contribution in [2.75, 3.05) is 12.0 Å². The van der Waals surface area contributed by atoms with Crippen molar-refractivity contribution in [1.82, 2.24) is 14.5 Å². The molecule has 2 aromatic rings. The van der Waals surface area contributed by atoms with E-state index in [1.807, 2.05) is 24.8 Å². The highest BCUT2D eigenvalue weighted by atomic mass is 35.5. The summed E-state index contributed by atoms with van der Waals surface area (Å²) in [5.74, 6) is 1.99. The van der Waals surface area contributed by atoms with Crippen molar-refractivity contribution < 1.29 is 0 Å². The lowest BCUT2D eigenvalue weighted by atomic mass is 10.4. The van der Waals surface area contributed by atoms with E-state index >= 15 is 0 Å². The van der Waals surface area contributed by atoms with Gasteiger partial charge in [0.1, 0.15) is 11.3 Å². The predicted octanol–water partition coefficient (Wildman–Crippen LogP) is 3.09. The smallest absolute Gasteiger partial charge is 0.127 e. The molecule has 1 unspecified atom stereocenters. The highest BCUT2D eigenvalue weighted by molar-refractivity contribution is 7.98. The quantitative estimate of drug-likeness (QED) is 0.787. The van der Waals surface area contributed by atoms with Crippen molar-refractivity contribution in [3.05, 3.63) is 24.3 Å². The summed E-state index contributed by atoms with van der Waals surface area (Å²) in [5, 5.41) is -0.0748. The Kier molecular flexibility index (Phi) is 3.71. The summed E-state index contributed by atoms with van der Waals surface area (Å²) < 4.78 is 2.19. The van der Waals surface area contributed by atoms with E-state index in [4.69, 9.17) is 11.6 Å². The Balaban J connectivity index is 2.51. The molecule has 0 aliphatic heterocycles. The third-order valence-electron chi connectivity index (χ3n) is 2.45. The minimum atomic E-state index is -0.0748. The maximum atomic E-state index is 6.15. The van der Waals surface area contributed by atoms with Gasteiger partial charge < -0.3 is 4.57 Å². The van der Waals surface area contributed by atoms with Crippen LogP contribution < -0.4 is 0 Å². The van der Waals surface area contributed by atoms with Gasteiger partial charge in [-0.15, -0.1) is 11.6 Å². The summed E-state index contributed by atoms with van der Waals surface area (Å²) in [7, 11) is 0. The van der Waals surface area contributed by atoms with Crippen LogP contribution in [-0.2, 0) is 6.54 Å². The lowest BCUT2D eigenvalue weighted by molar-refractivity contribution is 0.724. The Morgan fingerprint density at radius 1 is 1.56 bits per heavy atom. The van der Waals surface area contributed by atoms with E-state index in [0.29, 0.717) is 0 Å². The number of pyridine rings is 1. The molecule has 2 rings (SSSR count). The molecule has 0 saturated heterocycles. The largest absolute Gasteiger partial charge is 0.326 e. The fourth-order valence-electron chi connectivity index (χ4n) is 1.72. The zero-order chi connectivity index (χ0) is 11.5. The van der Waals surface area contributed by atoms with Gasteiger partial charge in [-0.05, 0) is 19.2 Å². The van der Waals surface area contributed by atoms with Gasteiger partial charge in [0, 0.05) is 18.5 Å². The fraction of sp³-hybridized carbons (Fsp3) is 0.455. The summed E-state index contributed by atoms with van der Waals surface area (Å²) in [4.78, 5) is 8.61. The summed E-state index contributed by atoms with van der Waals surface area (Å²) in [6.07, 6.45) is 5.68. The minimum Gasteiger partial charge on any atom is -0.326 e. The van der Waals surface area contributed by atoms with E-state index < -0.39 is 0 Å². The Morgan fingerprint density at radius 2 is 2.38 bits per heavy atom. The molecule has 16 heavy (non-hydrogen) atoms. The number of imidazole rings is 1. The van der Waals surface area contributed by atoms with Gasteiger partial charge in [0.15, 0.2) is 0 Å². The second-order valence-electron chi connectivity index (χ2n) is 3.59. The highest BCUT2D eigenvalue weighted by Crippen LogP contribution is 2.24. The number of alkyl halides is 1. The number of hydrogen-bond acceptors (Lipinski definition) is 3. The van der Waals surface area contributed by atoms with Crippen molar-refractivity contribution in [3.8, 4) is 0 Å². The van der Waals surface area contributed by atoms with Crippen LogP contribution in [0.3, 0.4) is 0 Å². The SMILES string of the molecule is CSCCn1c(C(C)Cl)nc2cnccc21. The standard InChI is InChI=1S/C11H14ClN3S/c1-8(12)11-14-9-7-13-4-3-10(9)15(11)5-6-16-2/h3-4,7-8H,5-6H2,1-2H3.